The van der Waals surface area contributed by atoms with Crippen LogP contribution in [0.2, 0.25) is 0 Å². The Morgan fingerprint density at radius 2 is 2.44 bits per heavy atom. The maximum absolute atomic E-state index is 10.2. The summed E-state index contributed by atoms with van der Waals surface area (Å²) in [6.07, 6.45) is 1.21. The summed E-state index contributed by atoms with van der Waals surface area (Å²) in [5.41, 5.74) is 0.194. The summed E-state index contributed by atoms with van der Waals surface area (Å²) in [5, 5.41) is 8.33. The van der Waals surface area contributed by atoms with Crippen LogP contribution in [0, 0.1) is 3.77 Å². The molecule has 0 saturated carbocycles. The first kappa shape index (κ1) is 6.60. The van der Waals surface area contributed by atoms with Crippen molar-refractivity contribution in [3.63, 3.8) is 0 Å². The second-order valence-electron chi connectivity index (χ2n) is 1.44. The summed E-state index contributed by atoms with van der Waals surface area (Å²) < 4.78 is 5.32. The van der Waals surface area contributed by atoms with Gasteiger partial charge in [-0.25, -0.2) is 4.79 Å². The van der Waals surface area contributed by atoms with Gasteiger partial charge in [0.15, 0.2) is 3.77 Å². The van der Waals surface area contributed by atoms with Crippen LogP contribution in [0.3, 0.4) is 0 Å². The Morgan fingerprint density at radius 1 is 1.78 bits per heavy atom. The van der Waals surface area contributed by atoms with E-state index < -0.39 is 5.97 Å². The number of rotatable bonds is 1. The molecule has 0 aliphatic heterocycles. The van der Waals surface area contributed by atoms with Crippen LogP contribution >= 0.6 is 22.6 Å². The Morgan fingerprint density at radius 3 is 2.67 bits per heavy atom. The van der Waals surface area contributed by atoms with E-state index in [1.807, 2.05) is 22.6 Å². The molecule has 0 aromatic carbocycles. The Balaban J connectivity index is 2.98. The SMILES string of the molecule is O=C(O)c1coc(I)c1. The molecule has 0 atom stereocenters. The van der Waals surface area contributed by atoms with Crippen LogP contribution in [0.15, 0.2) is 16.7 Å². The van der Waals surface area contributed by atoms with Gasteiger partial charge in [-0.2, -0.15) is 0 Å². The Labute approximate surface area is 64.8 Å². The first-order chi connectivity index (χ1) is 4.20. The van der Waals surface area contributed by atoms with Gasteiger partial charge in [0.05, 0.1) is 5.56 Å². The quantitative estimate of drug-likeness (QED) is 0.755. The maximum Gasteiger partial charge on any atom is 0.339 e. The van der Waals surface area contributed by atoms with Gasteiger partial charge < -0.3 is 9.52 Å². The molecule has 1 heterocycles. The van der Waals surface area contributed by atoms with Crippen LogP contribution in [-0.2, 0) is 0 Å². The lowest BCUT2D eigenvalue weighted by atomic mass is 10.4. The third kappa shape index (κ3) is 1.44. The van der Waals surface area contributed by atoms with Crippen molar-refractivity contribution in [2.24, 2.45) is 0 Å². The Hall–Kier alpha value is -0.520. The number of hydrogen-bond acceptors (Lipinski definition) is 2. The van der Waals surface area contributed by atoms with Crippen molar-refractivity contribution in [1.82, 2.24) is 0 Å². The standard InChI is InChI=1S/C5H3IO3/c6-4-1-3(2-9-4)5(7)8/h1-2H,(H,7,8). The van der Waals surface area contributed by atoms with E-state index in [0.29, 0.717) is 3.77 Å². The molecule has 0 radical (unpaired) electrons. The highest BCUT2D eigenvalue weighted by Crippen LogP contribution is 2.09. The van der Waals surface area contributed by atoms with Gasteiger partial charge in [0.25, 0.3) is 0 Å². The third-order valence-electron chi connectivity index (χ3n) is 0.814. The number of halogens is 1. The number of hydrogen-bond donors (Lipinski definition) is 1. The van der Waals surface area contributed by atoms with Crippen molar-refractivity contribution in [3.8, 4) is 0 Å². The molecule has 0 unspecified atom stereocenters. The number of carbonyl (C=O) groups is 1. The number of carboxylic acid groups (broad SMARTS) is 1. The van der Waals surface area contributed by atoms with Gasteiger partial charge in [-0.3, -0.25) is 0 Å². The lowest BCUT2D eigenvalue weighted by Crippen LogP contribution is -1.91. The highest BCUT2D eigenvalue weighted by Gasteiger charge is 2.04. The summed E-state index contributed by atoms with van der Waals surface area (Å²) in [6.45, 7) is 0. The number of carboxylic acids is 1. The van der Waals surface area contributed by atoms with Crippen molar-refractivity contribution in [1.29, 1.82) is 0 Å². The van der Waals surface area contributed by atoms with E-state index in [1.54, 1.807) is 0 Å². The second kappa shape index (κ2) is 2.38. The zero-order valence-electron chi connectivity index (χ0n) is 4.30. The highest BCUT2D eigenvalue weighted by molar-refractivity contribution is 14.1. The highest BCUT2D eigenvalue weighted by atomic mass is 127. The van der Waals surface area contributed by atoms with E-state index in [-0.39, 0.29) is 5.56 Å². The first-order valence-electron chi connectivity index (χ1n) is 2.17. The average molecular weight is 238 g/mol. The topological polar surface area (TPSA) is 50.4 Å². The van der Waals surface area contributed by atoms with Gasteiger partial charge in [0.2, 0.25) is 0 Å². The van der Waals surface area contributed by atoms with Gasteiger partial charge in [0.1, 0.15) is 6.26 Å². The summed E-state index contributed by atoms with van der Waals surface area (Å²) in [4.78, 5) is 10.2. The molecule has 0 saturated heterocycles. The van der Waals surface area contributed by atoms with Crippen LogP contribution in [0.1, 0.15) is 10.4 Å². The van der Waals surface area contributed by atoms with Crippen molar-refractivity contribution in [3.05, 3.63) is 21.7 Å². The minimum absolute atomic E-state index is 0.194. The van der Waals surface area contributed by atoms with Crippen LogP contribution in [0.4, 0.5) is 0 Å². The molecule has 0 aliphatic rings. The lowest BCUT2D eigenvalue weighted by molar-refractivity contribution is 0.0696. The lowest BCUT2D eigenvalue weighted by Gasteiger charge is -1.77. The van der Waals surface area contributed by atoms with Crippen LogP contribution in [-0.4, -0.2) is 11.1 Å². The zero-order chi connectivity index (χ0) is 6.85. The van der Waals surface area contributed by atoms with E-state index in [1.165, 1.54) is 12.3 Å². The summed E-state index contributed by atoms with van der Waals surface area (Å²) in [6, 6.07) is 1.46. The minimum Gasteiger partial charge on any atom is -0.478 e. The molecule has 1 aromatic rings. The number of aromatic carboxylic acids is 1. The monoisotopic (exact) mass is 238 g/mol. The van der Waals surface area contributed by atoms with Crippen molar-refractivity contribution in [2.45, 2.75) is 0 Å². The predicted molar refractivity (Wildman–Crippen MR) is 38.4 cm³/mol. The molecule has 0 amide bonds. The first-order valence-corrected chi connectivity index (χ1v) is 3.25. The third-order valence-corrected chi connectivity index (χ3v) is 1.38. The largest absolute Gasteiger partial charge is 0.478 e. The van der Waals surface area contributed by atoms with Gasteiger partial charge in [0, 0.05) is 6.07 Å². The van der Waals surface area contributed by atoms with E-state index in [9.17, 15) is 4.79 Å². The fourth-order valence-electron chi connectivity index (χ4n) is 0.422. The molecule has 1 rings (SSSR count). The smallest absolute Gasteiger partial charge is 0.339 e. The molecule has 0 fully saturated rings. The Kier molecular flexibility index (Phi) is 1.75. The molecule has 1 N–H and O–H groups in total. The van der Waals surface area contributed by atoms with Gasteiger partial charge in [-0.05, 0) is 22.6 Å². The average Bonchev–Trinajstić information content (AvgIpc) is 2.14. The molecule has 48 valence electrons. The van der Waals surface area contributed by atoms with E-state index in [4.69, 9.17) is 9.52 Å². The molecular formula is C5H3IO3. The van der Waals surface area contributed by atoms with E-state index in [2.05, 4.69) is 0 Å². The molecule has 4 heteroatoms. The molecule has 3 nitrogen and oxygen atoms in total. The minimum atomic E-state index is -0.957. The summed E-state index contributed by atoms with van der Waals surface area (Å²) >= 11 is 1.90. The summed E-state index contributed by atoms with van der Waals surface area (Å²) in [5.74, 6) is -0.957. The van der Waals surface area contributed by atoms with Crippen molar-refractivity contribution in [2.75, 3.05) is 0 Å². The number of furan rings is 1. The second-order valence-corrected chi connectivity index (χ2v) is 2.51. The summed E-state index contributed by atoms with van der Waals surface area (Å²) in [7, 11) is 0. The normalized spacial score (nSPS) is 9.44. The van der Waals surface area contributed by atoms with Crippen molar-refractivity contribution >= 4 is 28.6 Å². The fourth-order valence-corrected chi connectivity index (χ4v) is 0.885. The molecule has 1 aromatic heterocycles. The van der Waals surface area contributed by atoms with Gasteiger partial charge in [-0.15, -0.1) is 0 Å². The fraction of sp³-hybridized carbons (Fsp3) is 0. The van der Waals surface area contributed by atoms with E-state index >= 15 is 0 Å². The van der Waals surface area contributed by atoms with Crippen molar-refractivity contribution < 1.29 is 14.3 Å². The predicted octanol–water partition coefficient (Wildman–Crippen LogP) is 1.58. The molecule has 0 spiro atoms. The maximum atomic E-state index is 10.2. The zero-order valence-corrected chi connectivity index (χ0v) is 6.45. The van der Waals surface area contributed by atoms with E-state index in [0.717, 1.165) is 0 Å². The molecule has 0 bridgehead atoms. The van der Waals surface area contributed by atoms with Crippen LogP contribution in [0.25, 0.3) is 0 Å². The molecular weight excluding hydrogens is 235 g/mol. The van der Waals surface area contributed by atoms with Gasteiger partial charge in [-0.1, -0.05) is 0 Å². The Bertz CT molecular complexity index is 228. The molecule has 0 aliphatic carbocycles. The van der Waals surface area contributed by atoms with Crippen LogP contribution < -0.4 is 0 Å². The van der Waals surface area contributed by atoms with Crippen LogP contribution in [0.5, 0.6) is 0 Å². The van der Waals surface area contributed by atoms with Gasteiger partial charge >= 0.3 is 5.97 Å². The molecule has 9 heavy (non-hydrogen) atoms.